The Bertz CT molecular complexity index is 713. The number of fused-ring (bicyclic) bond motifs is 1. The molecule has 1 aliphatic heterocycles. The van der Waals surface area contributed by atoms with Crippen molar-refractivity contribution >= 4 is 26.3 Å². The molecule has 3 heterocycles. The SMILES string of the molecule is Cc1nn2c(S(=O)(=O)N3CCOCC3)c(C)nc2s1. The van der Waals surface area contributed by atoms with E-state index in [4.69, 9.17) is 4.74 Å². The number of hydrogen-bond donors (Lipinski definition) is 0. The Morgan fingerprint density at radius 1 is 1.26 bits per heavy atom. The Kier molecular flexibility index (Phi) is 3.08. The van der Waals surface area contributed by atoms with Crippen LogP contribution < -0.4 is 0 Å². The van der Waals surface area contributed by atoms with Crippen molar-refractivity contribution in [2.75, 3.05) is 26.3 Å². The molecule has 0 saturated carbocycles. The lowest BCUT2D eigenvalue weighted by Gasteiger charge is -2.25. The van der Waals surface area contributed by atoms with Crippen molar-refractivity contribution in [2.24, 2.45) is 0 Å². The van der Waals surface area contributed by atoms with Gasteiger partial charge < -0.3 is 4.74 Å². The van der Waals surface area contributed by atoms with Crippen molar-refractivity contribution in [2.45, 2.75) is 18.9 Å². The molecule has 3 rings (SSSR count). The number of aryl methyl sites for hydroxylation is 2. The first kappa shape index (κ1) is 13.0. The zero-order chi connectivity index (χ0) is 13.6. The van der Waals surface area contributed by atoms with E-state index in [1.54, 1.807) is 6.92 Å². The number of rotatable bonds is 2. The molecule has 0 atom stereocenters. The van der Waals surface area contributed by atoms with Crippen LogP contribution in [0.15, 0.2) is 5.03 Å². The number of aromatic nitrogens is 3. The van der Waals surface area contributed by atoms with Gasteiger partial charge in [-0.2, -0.15) is 13.9 Å². The van der Waals surface area contributed by atoms with E-state index >= 15 is 0 Å². The molecular weight excluding hydrogens is 288 g/mol. The average molecular weight is 302 g/mol. The summed E-state index contributed by atoms with van der Waals surface area (Å²) >= 11 is 1.38. The van der Waals surface area contributed by atoms with Crippen LogP contribution in [0.3, 0.4) is 0 Å². The van der Waals surface area contributed by atoms with Gasteiger partial charge in [0, 0.05) is 13.1 Å². The van der Waals surface area contributed by atoms with Gasteiger partial charge in [0.15, 0.2) is 5.03 Å². The summed E-state index contributed by atoms with van der Waals surface area (Å²) in [4.78, 5) is 4.89. The zero-order valence-corrected chi connectivity index (χ0v) is 12.3. The second-order valence-electron chi connectivity index (χ2n) is 4.33. The Morgan fingerprint density at radius 3 is 2.63 bits per heavy atom. The van der Waals surface area contributed by atoms with E-state index in [9.17, 15) is 8.42 Å². The lowest BCUT2D eigenvalue weighted by atomic mass is 10.5. The third kappa shape index (κ3) is 2.06. The molecule has 0 amide bonds. The first-order chi connectivity index (χ1) is 9.00. The normalized spacial score (nSPS) is 18.2. The lowest BCUT2D eigenvalue weighted by Crippen LogP contribution is -2.41. The van der Waals surface area contributed by atoms with Crippen molar-refractivity contribution in [1.82, 2.24) is 18.9 Å². The molecule has 2 aromatic rings. The van der Waals surface area contributed by atoms with E-state index < -0.39 is 10.0 Å². The van der Waals surface area contributed by atoms with Gasteiger partial charge in [-0.25, -0.2) is 13.4 Å². The fourth-order valence-electron chi connectivity index (χ4n) is 2.13. The van der Waals surface area contributed by atoms with E-state index in [0.717, 1.165) is 5.01 Å². The number of imidazole rings is 1. The minimum absolute atomic E-state index is 0.175. The Hall–Kier alpha value is -1.03. The van der Waals surface area contributed by atoms with Crippen molar-refractivity contribution in [3.05, 3.63) is 10.7 Å². The number of nitrogens with zero attached hydrogens (tertiary/aromatic N) is 4. The largest absolute Gasteiger partial charge is 0.379 e. The van der Waals surface area contributed by atoms with Gasteiger partial charge in [-0.15, -0.1) is 0 Å². The minimum Gasteiger partial charge on any atom is -0.379 e. The molecule has 0 N–H and O–H groups in total. The van der Waals surface area contributed by atoms with Crippen molar-refractivity contribution in [3.63, 3.8) is 0 Å². The monoisotopic (exact) mass is 302 g/mol. The van der Waals surface area contributed by atoms with E-state index in [2.05, 4.69) is 10.1 Å². The quantitative estimate of drug-likeness (QED) is 0.804. The van der Waals surface area contributed by atoms with E-state index in [0.29, 0.717) is 37.0 Å². The van der Waals surface area contributed by atoms with Gasteiger partial charge in [-0.3, -0.25) is 0 Å². The summed E-state index contributed by atoms with van der Waals surface area (Å²) in [6, 6.07) is 0. The molecule has 0 radical (unpaired) electrons. The molecule has 0 bridgehead atoms. The second kappa shape index (κ2) is 4.51. The highest BCUT2D eigenvalue weighted by Gasteiger charge is 2.32. The summed E-state index contributed by atoms with van der Waals surface area (Å²) in [6.07, 6.45) is 0. The Morgan fingerprint density at radius 2 is 1.95 bits per heavy atom. The summed E-state index contributed by atoms with van der Waals surface area (Å²) in [5.74, 6) is 0. The topological polar surface area (TPSA) is 76.8 Å². The van der Waals surface area contributed by atoms with Crippen molar-refractivity contribution in [1.29, 1.82) is 0 Å². The molecule has 1 saturated heterocycles. The average Bonchev–Trinajstić information content (AvgIpc) is 2.84. The van der Waals surface area contributed by atoms with Gasteiger partial charge in [0.05, 0.1) is 18.9 Å². The molecular formula is C10H14N4O3S2. The maximum absolute atomic E-state index is 12.7. The highest BCUT2D eigenvalue weighted by molar-refractivity contribution is 7.89. The predicted molar refractivity (Wildman–Crippen MR) is 69.9 cm³/mol. The maximum Gasteiger partial charge on any atom is 0.262 e. The molecule has 0 aliphatic carbocycles. The minimum atomic E-state index is -3.56. The van der Waals surface area contributed by atoms with Crippen LogP contribution in [0.2, 0.25) is 0 Å². The van der Waals surface area contributed by atoms with Gasteiger partial charge >= 0.3 is 0 Å². The summed E-state index contributed by atoms with van der Waals surface area (Å²) in [5.41, 5.74) is 0.491. The van der Waals surface area contributed by atoms with Gasteiger partial charge in [0.25, 0.3) is 10.0 Å². The predicted octanol–water partition coefficient (Wildman–Crippen LogP) is 0.429. The number of ether oxygens (including phenoxy) is 1. The molecule has 7 nitrogen and oxygen atoms in total. The van der Waals surface area contributed by atoms with Crippen LogP contribution in [-0.4, -0.2) is 53.6 Å². The summed E-state index contributed by atoms with van der Waals surface area (Å²) in [7, 11) is -3.56. The molecule has 0 aromatic carbocycles. The molecule has 2 aromatic heterocycles. The van der Waals surface area contributed by atoms with Crippen molar-refractivity contribution in [3.8, 4) is 0 Å². The van der Waals surface area contributed by atoms with E-state index in [1.165, 1.54) is 20.2 Å². The third-order valence-electron chi connectivity index (χ3n) is 2.98. The fourth-order valence-corrected chi connectivity index (χ4v) is 4.62. The Labute approximate surface area is 114 Å². The van der Waals surface area contributed by atoms with E-state index in [1.807, 2.05) is 6.92 Å². The highest BCUT2D eigenvalue weighted by atomic mass is 32.2. The van der Waals surface area contributed by atoms with Crippen LogP contribution in [0.4, 0.5) is 0 Å². The summed E-state index contributed by atoms with van der Waals surface area (Å²) < 4.78 is 33.4. The van der Waals surface area contributed by atoms with Gasteiger partial charge in [0.1, 0.15) is 5.01 Å². The molecule has 104 valence electrons. The smallest absolute Gasteiger partial charge is 0.262 e. The standard InChI is InChI=1S/C10H14N4O3S2/c1-7-9(14-10(11-7)18-8(2)12-14)19(15,16)13-3-5-17-6-4-13/h3-6H2,1-2H3. The van der Waals surface area contributed by atoms with Crippen LogP contribution in [0.1, 0.15) is 10.7 Å². The lowest BCUT2D eigenvalue weighted by molar-refractivity contribution is 0.0728. The molecule has 0 unspecified atom stereocenters. The van der Waals surface area contributed by atoms with Gasteiger partial charge in [-0.05, 0) is 13.8 Å². The Balaban J connectivity index is 2.14. The first-order valence-electron chi connectivity index (χ1n) is 5.91. The highest BCUT2D eigenvalue weighted by Crippen LogP contribution is 2.24. The van der Waals surface area contributed by atoms with E-state index in [-0.39, 0.29) is 5.03 Å². The number of sulfonamides is 1. The summed E-state index contributed by atoms with van der Waals surface area (Å²) in [5, 5.41) is 5.20. The van der Waals surface area contributed by atoms with Crippen molar-refractivity contribution < 1.29 is 13.2 Å². The maximum atomic E-state index is 12.7. The molecule has 19 heavy (non-hydrogen) atoms. The molecule has 1 fully saturated rings. The molecule has 1 aliphatic rings. The zero-order valence-electron chi connectivity index (χ0n) is 10.7. The molecule has 0 spiro atoms. The van der Waals surface area contributed by atoms with Crippen LogP contribution in [0.25, 0.3) is 4.96 Å². The number of hydrogen-bond acceptors (Lipinski definition) is 6. The first-order valence-corrected chi connectivity index (χ1v) is 8.16. The fraction of sp³-hybridized carbons (Fsp3) is 0.600. The third-order valence-corrected chi connectivity index (χ3v) is 5.81. The van der Waals surface area contributed by atoms with Crippen LogP contribution >= 0.6 is 11.3 Å². The van der Waals surface area contributed by atoms with Crippen LogP contribution in [0, 0.1) is 13.8 Å². The van der Waals surface area contributed by atoms with Gasteiger partial charge in [-0.1, -0.05) is 11.3 Å². The second-order valence-corrected chi connectivity index (χ2v) is 7.35. The van der Waals surface area contributed by atoms with Crippen LogP contribution in [0.5, 0.6) is 0 Å². The van der Waals surface area contributed by atoms with Gasteiger partial charge in [0.2, 0.25) is 4.96 Å². The number of morpholine rings is 1. The van der Waals surface area contributed by atoms with Crippen LogP contribution in [-0.2, 0) is 14.8 Å². The summed E-state index contributed by atoms with van der Waals surface area (Å²) in [6.45, 7) is 5.13. The molecule has 9 heteroatoms.